The van der Waals surface area contributed by atoms with Crippen molar-refractivity contribution in [2.45, 2.75) is 55.4 Å². The van der Waals surface area contributed by atoms with Crippen molar-refractivity contribution >= 4 is 50.7 Å². The van der Waals surface area contributed by atoms with E-state index in [0.29, 0.717) is 0 Å². The number of fused-ring (bicyclic) bond motifs is 4. The first-order valence-corrected chi connectivity index (χ1v) is 18.0. The van der Waals surface area contributed by atoms with Crippen molar-refractivity contribution in [2.24, 2.45) is 0 Å². The van der Waals surface area contributed by atoms with Gasteiger partial charge < -0.3 is 24.8 Å². The molecule has 8 rings (SSSR count). The van der Waals surface area contributed by atoms with Crippen LogP contribution in [0.15, 0.2) is 146 Å². The molecule has 0 aromatic heterocycles. The maximum absolute atomic E-state index is 2.16. The third-order valence-corrected chi connectivity index (χ3v) is 7.59. The number of hydrogen-bond donors (Lipinski definition) is 0. The standard InChI is InChI=1S/4C10H9.2C3H6.2ClH.2Ti/c4*1-8-6-7-9-4-2-3-5-10(8)9;2*1-3-2;;;;/h4*2-7H,1H3;2*1-2H3;2*1H;;/q4*-1;;;;;2*+2/p-2. The van der Waals surface area contributed by atoms with Gasteiger partial charge in [0.25, 0.3) is 0 Å². The van der Waals surface area contributed by atoms with Gasteiger partial charge in [0.2, 0.25) is 0 Å². The Bertz CT molecular complexity index is 1860. The first-order valence-electron chi connectivity index (χ1n) is 16.5. The monoisotopic (exact) mass is 766 g/mol. The second-order valence-corrected chi connectivity index (χ2v) is 15.5. The van der Waals surface area contributed by atoms with E-state index in [-0.39, 0.29) is 24.8 Å². The molecule has 0 aliphatic heterocycles. The largest absolute Gasteiger partial charge is 1.00 e. The predicted octanol–water partition coefficient (Wildman–Crippen LogP) is 6.97. The van der Waals surface area contributed by atoms with Gasteiger partial charge in [0.05, 0.1) is 0 Å². The van der Waals surface area contributed by atoms with Crippen LogP contribution < -0.4 is 24.8 Å². The Kier molecular flexibility index (Phi) is 21.2. The van der Waals surface area contributed by atoms with Crippen LogP contribution in [0.1, 0.15) is 49.9 Å². The number of benzene rings is 4. The summed E-state index contributed by atoms with van der Waals surface area (Å²) < 4.78 is 2.83. The zero-order valence-electron chi connectivity index (χ0n) is 30.6. The molecule has 0 nitrogen and oxygen atoms in total. The summed E-state index contributed by atoms with van der Waals surface area (Å²) in [6.45, 7) is 16.9. The summed E-state index contributed by atoms with van der Waals surface area (Å²) >= 11 is 4.17. The number of hydrogen-bond acceptors (Lipinski definition) is 0. The van der Waals surface area contributed by atoms with E-state index in [1.165, 1.54) is 73.0 Å². The van der Waals surface area contributed by atoms with E-state index in [1.54, 1.807) is 0 Å². The van der Waals surface area contributed by atoms with E-state index in [0.717, 1.165) is 0 Å². The van der Waals surface area contributed by atoms with E-state index in [4.69, 9.17) is 0 Å². The van der Waals surface area contributed by atoms with Gasteiger partial charge in [-0.1, -0.05) is 52.0 Å². The van der Waals surface area contributed by atoms with E-state index in [9.17, 15) is 0 Å². The fourth-order valence-electron chi connectivity index (χ4n) is 5.22. The summed E-state index contributed by atoms with van der Waals surface area (Å²) in [5, 5.41) is 10.9. The summed E-state index contributed by atoms with van der Waals surface area (Å²) in [5.41, 5.74) is 5.48. The molecule has 50 heavy (non-hydrogen) atoms. The van der Waals surface area contributed by atoms with Gasteiger partial charge in [0, 0.05) is 0 Å². The Morgan fingerprint density at radius 1 is 0.360 bits per heavy atom. The van der Waals surface area contributed by atoms with Crippen LogP contribution in [0.2, 0.25) is 0 Å². The average molecular weight is 768 g/mol. The molecule has 0 heterocycles. The van der Waals surface area contributed by atoms with Crippen molar-refractivity contribution < 1.29 is 64.8 Å². The molecule has 0 atom stereocenters. The van der Waals surface area contributed by atoms with Crippen LogP contribution in [0, 0.1) is 27.7 Å². The SMILES string of the molecule is C[C](C)=[Ti+2].C[C](C)=[Ti+2].Cc1c[cH-]c2ccccc12.Cc1c[cH-]c2ccccc12.Cc1c[cH-]c2ccccc12.Cc1c[cH-]c2ccccc12.[Cl-].[Cl-]. The molecule has 0 aliphatic carbocycles. The molecule has 0 unspecified atom stereocenters. The minimum atomic E-state index is 0. The molecule has 0 fully saturated rings. The van der Waals surface area contributed by atoms with Crippen molar-refractivity contribution in [1.82, 2.24) is 0 Å². The second-order valence-electron chi connectivity index (χ2n) is 12.4. The number of aryl methyl sites for hydroxylation is 4. The molecule has 256 valence electrons. The average Bonchev–Trinajstić information content (AvgIpc) is 3.85. The van der Waals surface area contributed by atoms with Crippen LogP contribution in [0.5, 0.6) is 0 Å². The maximum atomic E-state index is 2.16. The molecule has 0 saturated carbocycles. The first-order chi connectivity index (χ1) is 23.0. The smallest absolute Gasteiger partial charge is 0.0809 e. The zero-order chi connectivity index (χ0) is 35.1. The van der Waals surface area contributed by atoms with Gasteiger partial charge >= 0.3 is 75.3 Å². The fraction of sp³-hybridized carbons (Fsp3) is 0.174. The molecule has 8 aromatic carbocycles. The summed E-state index contributed by atoms with van der Waals surface area (Å²) in [4.78, 5) is 0. The summed E-state index contributed by atoms with van der Waals surface area (Å²) in [6, 6.07) is 51.1. The maximum Gasteiger partial charge on any atom is -0.0809 e. The van der Waals surface area contributed by atoms with Crippen molar-refractivity contribution in [3.63, 3.8) is 0 Å². The molecule has 0 amide bonds. The van der Waals surface area contributed by atoms with Gasteiger partial charge in [0.15, 0.2) is 0 Å². The van der Waals surface area contributed by atoms with Crippen LogP contribution >= 0.6 is 0 Å². The molecule has 8 aromatic rings. The van der Waals surface area contributed by atoms with Gasteiger partial charge in [-0.25, -0.2) is 0 Å². The van der Waals surface area contributed by atoms with Crippen LogP contribution in [0.25, 0.3) is 43.1 Å². The Hall–Kier alpha value is -2.93. The number of rotatable bonds is 0. The number of halogens is 2. The quantitative estimate of drug-likeness (QED) is 0.116. The normalized spacial score (nSPS) is 9.52. The molecular formula is C46H48Cl2Ti2-2. The Morgan fingerprint density at radius 3 is 0.680 bits per heavy atom. The van der Waals surface area contributed by atoms with Gasteiger partial charge in [-0.15, -0.1) is 140 Å². The van der Waals surface area contributed by atoms with Crippen molar-refractivity contribution in [3.05, 3.63) is 168 Å². The van der Waals surface area contributed by atoms with E-state index in [2.05, 4.69) is 241 Å². The molecule has 0 bridgehead atoms. The van der Waals surface area contributed by atoms with E-state index < -0.39 is 0 Å². The molecule has 0 aliphatic rings. The summed E-state index contributed by atoms with van der Waals surface area (Å²) in [7, 11) is 0. The Morgan fingerprint density at radius 2 is 0.520 bits per heavy atom. The van der Waals surface area contributed by atoms with E-state index >= 15 is 0 Å². The van der Waals surface area contributed by atoms with Gasteiger partial charge in [-0.2, -0.15) is 46.5 Å². The Balaban J connectivity index is 0.000000308. The molecule has 0 spiro atoms. The van der Waals surface area contributed by atoms with Gasteiger partial charge in [-0.3, -0.25) is 0 Å². The van der Waals surface area contributed by atoms with Crippen LogP contribution in [0.4, 0.5) is 0 Å². The molecular weight excluding hydrogens is 719 g/mol. The molecule has 0 radical (unpaired) electrons. The third-order valence-electron chi connectivity index (χ3n) is 7.59. The van der Waals surface area contributed by atoms with Crippen LogP contribution in [-0.4, -0.2) is 7.62 Å². The topological polar surface area (TPSA) is 0 Å². The summed E-state index contributed by atoms with van der Waals surface area (Å²) in [6.07, 6.45) is 0. The fourth-order valence-corrected chi connectivity index (χ4v) is 5.22. The first kappa shape index (κ1) is 45.1. The van der Waals surface area contributed by atoms with Crippen molar-refractivity contribution in [2.75, 3.05) is 0 Å². The molecule has 4 heteroatoms. The second kappa shape index (κ2) is 23.5. The summed E-state index contributed by atoms with van der Waals surface area (Å²) in [5.74, 6) is 0. The minimum Gasteiger partial charge on any atom is -1.00 e. The molecule has 0 saturated heterocycles. The molecule has 0 N–H and O–H groups in total. The van der Waals surface area contributed by atoms with Crippen LogP contribution in [0.3, 0.4) is 0 Å². The zero-order valence-corrected chi connectivity index (χ0v) is 35.2. The van der Waals surface area contributed by atoms with Crippen molar-refractivity contribution in [1.29, 1.82) is 0 Å². The van der Waals surface area contributed by atoms with Crippen molar-refractivity contribution in [3.8, 4) is 0 Å². The minimum absolute atomic E-state index is 0. The third kappa shape index (κ3) is 14.7. The Labute approximate surface area is 336 Å². The van der Waals surface area contributed by atoms with E-state index in [1.807, 2.05) is 0 Å². The van der Waals surface area contributed by atoms with Gasteiger partial charge in [0.1, 0.15) is 0 Å². The van der Waals surface area contributed by atoms with Crippen LogP contribution in [-0.2, 0) is 39.9 Å². The predicted molar refractivity (Wildman–Crippen MR) is 210 cm³/mol. The van der Waals surface area contributed by atoms with Gasteiger partial charge in [-0.05, 0) is 0 Å².